The molecule has 0 radical (unpaired) electrons. The van der Waals surface area contributed by atoms with Gasteiger partial charge in [-0.25, -0.2) is 14.4 Å². The van der Waals surface area contributed by atoms with Crippen molar-refractivity contribution in [2.75, 3.05) is 56.7 Å². The number of carbonyl (C=O) groups excluding carboxylic acids is 3. The minimum Gasteiger partial charge on any atom is -0.507 e. The zero-order chi connectivity index (χ0) is 53.1. The molecule has 6 rings (SSSR count). The molecule has 73 heavy (non-hydrogen) atoms. The van der Waals surface area contributed by atoms with Gasteiger partial charge < -0.3 is 112 Å². The highest BCUT2D eigenvalue weighted by Crippen LogP contribution is 2.33. The number of nitrogens with two attached hydrogens (primary N) is 6. The molecule has 15 atom stereocenters. The molecule has 25 nitrogen and oxygen atoms in total. The molecular formula is C48H71N6O19+3. The Morgan fingerprint density at radius 2 is 0.836 bits per heavy atom. The van der Waals surface area contributed by atoms with Gasteiger partial charge in [-0.3, -0.25) is 0 Å². The van der Waals surface area contributed by atoms with Crippen LogP contribution in [-0.4, -0.2) is 190 Å². The zero-order valence-corrected chi connectivity index (χ0v) is 40.8. The quantitative estimate of drug-likeness (QED) is 0.0196. The number of hydrogen-bond acceptors (Lipinski definition) is 22. The summed E-state index contributed by atoms with van der Waals surface area (Å²) in [7, 11) is 0. The van der Waals surface area contributed by atoms with Crippen LogP contribution in [0.2, 0.25) is 0 Å². The average Bonchev–Trinajstić information content (AvgIpc) is 3.36. The van der Waals surface area contributed by atoms with Gasteiger partial charge in [0.2, 0.25) is 18.9 Å². The van der Waals surface area contributed by atoms with E-state index < -0.39 is 147 Å². The smallest absolute Gasteiger partial charge is 0.342 e. The standard InChI is InChI=1S/C48H68N6O19/c1-4-13-52-34-39(60)41(32(69-46(34)65)20-67-44(63)26-17-23(50)8-11-29(26)56)72-48-36(54-15-6-3)40(61)42(33(71-48)21-68-45(64)27-18-24(51)9-12-30(27)57)73-47-35(53-14-5-2)38(59)37(58)31(70-47)19-66-43(62)25-16-22(49)7-10-28(25)55/h7-12,16-18,31-42,46-48,52-61,65H,4-6,13-15,19-21,49-51H2,1-3H3/p+3/t31?,32?,33?,34?,35?,36?,37-,38+,39+,40+,41-,42-,46+,47-,48-/m0/s1. The van der Waals surface area contributed by atoms with Gasteiger partial charge in [0, 0.05) is 17.1 Å². The summed E-state index contributed by atoms with van der Waals surface area (Å²) in [6.45, 7) is 4.85. The molecule has 20 N–H and O–H groups in total. The van der Waals surface area contributed by atoms with Crippen molar-refractivity contribution in [3.8, 4) is 17.2 Å². The van der Waals surface area contributed by atoms with Crippen LogP contribution in [0.4, 0.5) is 17.1 Å². The molecule has 0 spiro atoms. The van der Waals surface area contributed by atoms with Crippen molar-refractivity contribution in [3.63, 3.8) is 0 Å². The normalized spacial score (nSPS) is 30.3. The first-order valence-electron chi connectivity index (χ1n) is 24.3. The van der Waals surface area contributed by atoms with E-state index in [1.54, 1.807) is 16.0 Å². The number of quaternary nitrogens is 3. The number of aliphatic hydroxyl groups excluding tert-OH is 5. The summed E-state index contributed by atoms with van der Waals surface area (Å²) < 4.78 is 48.6. The Hall–Kier alpha value is -5.65. The zero-order valence-electron chi connectivity index (χ0n) is 40.8. The van der Waals surface area contributed by atoms with Gasteiger partial charge >= 0.3 is 17.9 Å². The number of phenolic OH excluding ortho intramolecular Hbond substituents is 3. The Labute approximate surface area is 420 Å². The average molecular weight is 1040 g/mol. The van der Waals surface area contributed by atoms with Crippen molar-refractivity contribution in [2.24, 2.45) is 0 Å². The minimum absolute atomic E-state index is 0.130. The number of rotatable bonds is 22. The Morgan fingerprint density at radius 3 is 1.25 bits per heavy atom. The van der Waals surface area contributed by atoms with E-state index in [0.29, 0.717) is 38.9 Å². The second-order valence-electron chi connectivity index (χ2n) is 18.2. The van der Waals surface area contributed by atoms with Crippen molar-refractivity contribution >= 4 is 35.0 Å². The third-order valence-electron chi connectivity index (χ3n) is 12.8. The summed E-state index contributed by atoms with van der Waals surface area (Å²) in [6.07, 6.45) is -16.6. The molecular weight excluding hydrogens is 965 g/mol. The highest BCUT2D eigenvalue weighted by Gasteiger charge is 2.57. The number of carbonyl (C=O) groups is 3. The van der Waals surface area contributed by atoms with Crippen LogP contribution in [0.3, 0.4) is 0 Å². The Kier molecular flexibility index (Phi) is 20.2. The lowest BCUT2D eigenvalue weighted by atomic mass is 9.93. The fraction of sp³-hybridized carbons (Fsp3) is 0.562. The van der Waals surface area contributed by atoms with E-state index in [4.69, 9.17) is 55.1 Å². The number of nitrogen functional groups attached to an aromatic ring is 3. The van der Waals surface area contributed by atoms with Crippen molar-refractivity contribution in [1.29, 1.82) is 0 Å². The third kappa shape index (κ3) is 13.9. The number of esters is 3. The molecule has 3 aliphatic rings. The van der Waals surface area contributed by atoms with Gasteiger partial charge in [-0.05, 0) is 73.9 Å². The second kappa shape index (κ2) is 26.0. The van der Waals surface area contributed by atoms with Gasteiger partial charge in [0.1, 0.15) is 109 Å². The van der Waals surface area contributed by atoms with Crippen LogP contribution in [0.25, 0.3) is 0 Å². The fourth-order valence-electron chi connectivity index (χ4n) is 8.84. The largest absolute Gasteiger partial charge is 0.507 e. The first-order valence-corrected chi connectivity index (χ1v) is 24.3. The predicted octanol–water partition coefficient (Wildman–Crippen LogP) is -4.17. The third-order valence-corrected chi connectivity index (χ3v) is 12.8. The minimum atomic E-state index is -1.65. The Balaban J connectivity index is 1.33. The molecule has 3 aliphatic heterocycles. The molecule has 3 saturated heterocycles. The van der Waals surface area contributed by atoms with Gasteiger partial charge in [0.25, 0.3) is 0 Å². The second-order valence-corrected chi connectivity index (χ2v) is 18.2. The van der Waals surface area contributed by atoms with E-state index in [2.05, 4.69) is 0 Å². The highest BCUT2D eigenvalue weighted by atomic mass is 16.7. The predicted molar refractivity (Wildman–Crippen MR) is 253 cm³/mol. The van der Waals surface area contributed by atoms with Gasteiger partial charge in [-0.1, -0.05) is 20.8 Å². The van der Waals surface area contributed by atoms with Crippen LogP contribution >= 0.6 is 0 Å². The van der Waals surface area contributed by atoms with Crippen LogP contribution in [0.15, 0.2) is 54.6 Å². The van der Waals surface area contributed by atoms with Crippen LogP contribution in [0, 0.1) is 0 Å². The first-order chi connectivity index (χ1) is 34.9. The van der Waals surface area contributed by atoms with Crippen LogP contribution in [0.5, 0.6) is 17.2 Å². The summed E-state index contributed by atoms with van der Waals surface area (Å²) in [5.41, 5.74) is 17.2. The topological polar surface area (TPSA) is 415 Å². The van der Waals surface area contributed by atoms with Crippen molar-refractivity contribution < 1.29 is 109 Å². The van der Waals surface area contributed by atoms with E-state index in [0.717, 1.165) is 0 Å². The molecule has 0 bridgehead atoms. The molecule has 404 valence electrons. The molecule has 0 aromatic heterocycles. The summed E-state index contributed by atoms with van der Waals surface area (Å²) in [4.78, 5) is 39.9. The number of ether oxygens (including phenoxy) is 8. The monoisotopic (exact) mass is 1040 g/mol. The van der Waals surface area contributed by atoms with Crippen molar-refractivity contribution in [1.82, 2.24) is 0 Å². The van der Waals surface area contributed by atoms with E-state index in [9.17, 15) is 55.2 Å². The number of phenols is 3. The first kappa shape index (κ1) is 56.6. The molecule has 0 saturated carbocycles. The van der Waals surface area contributed by atoms with E-state index in [1.807, 2.05) is 20.8 Å². The Morgan fingerprint density at radius 1 is 0.493 bits per heavy atom. The molecule has 6 unspecified atom stereocenters. The maximum atomic E-state index is 13.6. The highest BCUT2D eigenvalue weighted by molar-refractivity contribution is 5.94. The van der Waals surface area contributed by atoms with Gasteiger partial charge in [-0.2, -0.15) is 0 Å². The van der Waals surface area contributed by atoms with Gasteiger partial charge in [0.05, 0.1) is 19.6 Å². The SMILES string of the molecule is CCC[NH2+]C1[C@H](O[C@H]2C(COC(=O)c3cc(N)ccc3O)O[C@@H](O[C@H]3C(COC(=O)c4cc(N)ccc4O)O[C@@H](O)C([NH2+]CCC)[C@H]3O)C([NH2+]CCC)[C@H]2O)OC(COC(=O)c2cc(N)ccc2O)[C@H](O)[C@@H]1O. The summed E-state index contributed by atoms with van der Waals surface area (Å²) in [6, 6.07) is 8.05. The van der Waals surface area contributed by atoms with Gasteiger partial charge in [-0.15, -0.1) is 0 Å². The fourth-order valence-corrected chi connectivity index (χ4v) is 8.84. The summed E-state index contributed by atoms with van der Waals surface area (Å²) in [5.74, 6) is -4.39. The molecule has 3 heterocycles. The number of hydrogen-bond donors (Lipinski definition) is 14. The molecule has 3 fully saturated rings. The van der Waals surface area contributed by atoms with E-state index >= 15 is 0 Å². The van der Waals surface area contributed by atoms with Crippen molar-refractivity contribution in [3.05, 3.63) is 71.3 Å². The molecule has 0 aliphatic carbocycles. The molecule has 0 amide bonds. The number of benzene rings is 3. The summed E-state index contributed by atoms with van der Waals surface area (Å²) >= 11 is 0. The number of aliphatic hydroxyl groups is 5. The van der Waals surface area contributed by atoms with Crippen LogP contribution < -0.4 is 33.2 Å². The molecule has 3 aromatic carbocycles. The lowest BCUT2D eigenvalue weighted by molar-refractivity contribution is -0.728. The molecule has 25 heteroatoms. The van der Waals surface area contributed by atoms with Crippen LogP contribution in [0.1, 0.15) is 71.1 Å². The Bertz CT molecular complexity index is 2320. The number of aromatic hydroxyl groups is 3. The van der Waals surface area contributed by atoms with Crippen molar-refractivity contribution in [2.45, 2.75) is 132 Å². The maximum absolute atomic E-state index is 13.6. The lowest BCUT2D eigenvalue weighted by Crippen LogP contribution is -2.99. The number of anilines is 3. The van der Waals surface area contributed by atoms with Gasteiger partial charge in [0.15, 0.2) is 18.1 Å². The maximum Gasteiger partial charge on any atom is 0.342 e. The van der Waals surface area contributed by atoms with E-state index in [-0.39, 0.29) is 33.8 Å². The molecule has 3 aromatic rings. The van der Waals surface area contributed by atoms with Crippen LogP contribution in [-0.2, 0) is 37.9 Å². The lowest BCUT2D eigenvalue weighted by Gasteiger charge is -2.48. The van der Waals surface area contributed by atoms with E-state index in [1.165, 1.54) is 54.6 Å². The summed E-state index contributed by atoms with van der Waals surface area (Å²) in [5, 5.41) is 94.9.